The van der Waals surface area contributed by atoms with Gasteiger partial charge in [-0.05, 0) is 54.2 Å². The Balaban J connectivity index is 1.61. The number of nitrogens with zero attached hydrogens (tertiary/aromatic N) is 1. The van der Waals surface area contributed by atoms with Crippen molar-refractivity contribution < 1.29 is 22.3 Å². The molecule has 0 unspecified atom stereocenters. The van der Waals surface area contributed by atoms with E-state index in [4.69, 9.17) is 5.73 Å². The Morgan fingerprint density at radius 1 is 1.04 bits per heavy atom. The Hall–Kier alpha value is -2.28. The maximum absolute atomic E-state index is 14.2. The zero-order valence-electron chi connectivity index (χ0n) is 14.1. The molecule has 1 aliphatic rings. The van der Waals surface area contributed by atoms with E-state index in [1.165, 1.54) is 18.2 Å². The van der Waals surface area contributed by atoms with Gasteiger partial charge in [0.25, 0.3) is 0 Å². The van der Waals surface area contributed by atoms with Crippen LogP contribution in [0.3, 0.4) is 0 Å². The van der Waals surface area contributed by atoms with E-state index in [9.17, 15) is 17.6 Å². The van der Waals surface area contributed by atoms with Gasteiger partial charge in [0, 0.05) is 19.6 Å². The van der Waals surface area contributed by atoms with E-state index in [-0.39, 0.29) is 17.5 Å². The van der Waals surface area contributed by atoms with Crippen LogP contribution in [0.15, 0.2) is 42.5 Å². The second kappa shape index (κ2) is 7.53. The van der Waals surface area contributed by atoms with Gasteiger partial charge in [0.15, 0.2) is 0 Å². The summed E-state index contributed by atoms with van der Waals surface area (Å²) < 4.78 is 54.8. The zero-order chi connectivity index (χ0) is 18.7. The fourth-order valence-corrected chi connectivity index (χ4v) is 3.33. The monoisotopic (exact) mass is 368 g/mol. The minimum atomic E-state index is -4.68. The van der Waals surface area contributed by atoms with Gasteiger partial charge in [-0.25, -0.2) is 4.39 Å². The maximum atomic E-state index is 14.2. The topological polar surface area (TPSA) is 38.5 Å². The molecule has 2 N–H and O–H groups in total. The summed E-state index contributed by atoms with van der Waals surface area (Å²) in [7, 11) is 0. The number of alkyl halides is 3. The quantitative estimate of drug-likeness (QED) is 0.804. The van der Waals surface area contributed by atoms with Crippen LogP contribution in [0, 0.1) is 5.82 Å². The zero-order valence-corrected chi connectivity index (χ0v) is 14.1. The molecule has 0 radical (unpaired) electrons. The molecule has 1 fully saturated rings. The van der Waals surface area contributed by atoms with Crippen molar-refractivity contribution in [2.75, 3.05) is 18.0 Å². The van der Waals surface area contributed by atoms with Crippen LogP contribution in [-0.4, -0.2) is 19.5 Å². The SMILES string of the molecule is NCc1ccc(N2CCC(c3ccc(OC(F)(F)F)cc3)CC2)c(F)c1. The molecule has 1 saturated heterocycles. The Morgan fingerprint density at radius 3 is 2.23 bits per heavy atom. The first-order chi connectivity index (χ1) is 12.4. The number of anilines is 1. The largest absolute Gasteiger partial charge is 0.573 e. The summed E-state index contributed by atoms with van der Waals surface area (Å²) >= 11 is 0. The highest BCUT2D eigenvalue weighted by Gasteiger charge is 2.31. The molecule has 3 rings (SSSR count). The molecule has 26 heavy (non-hydrogen) atoms. The number of rotatable bonds is 4. The third kappa shape index (κ3) is 4.46. The van der Waals surface area contributed by atoms with Crippen molar-refractivity contribution in [2.45, 2.75) is 31.7 Å². The van der Waals surface area contributed by atoms with Crippen molar-refractivity contribution in [1.29, 1.82) is 0 Å². The summed E-state index contributed by atoms with van der Waals surface area (Å²) in [6.45, 7) is 1.67. The van der Waals surface area contributed by atoms with Crippen LogP contribution >= 0.6 is 0 Å². The predicted octanol–water partition coefficient (Wildman–Crippen LogP) is 4.57. The van der Waals surface area contributed by atoms with Gasteiger partial charge in [0.2, 0.25) is 0 Å². The summed E-state index contributed by atoms with van der Waals surface area (Å²) in [5, 5.41) is 0. The Morgan fingerprint density at radius 2 is 1.69 bits per heavy atom. The fraction of sp³-hybridized carbons (Fsp3) is 0.368. The van der Waals surface area contributed by atoms with Crippen LogP contribution in [0.4, 0.5) is 23.2 Å². The summed E-state index contributed by atoms with van der Waals surface area (Å²) in [4.78, 5) is 1.99. The van der Waals surface area contributed by atoms with Gasteiger partial charge in [-0.1, -0.05) is 18.2 Å². The van der Waals surface area contributed by atoms with E-state index < -0.39 is 6.36 Å². The lowest BCUT2D eigenvalue weighted by molar-refractivity contribution is -0.274. The minimum Gasteiger partial charge on any atom is -0.406 e. The second-order valence-electron chi connectivity index (χ2n) is 6.37. The second-order valence-corrected chi connectivity index (χ2v) is 6.37. The first-order valence-corrected chi connectivity index (χ1v) is 8.45. The van der Waals surface area contributed by atoms with Crippen molar-refractivity contribution in [3.63, 3.8) is 0 Å². The minimum absolute atomic E-state index is 0.222. The number of hydrogen-bond donors (Lipinski definition) is 1. The van der Waals surface area contributed by atoms with Crippen LogP contribution in [0.25, 0.3) is 0 Å². The standard InChI is InChI=1S/C19H20F4N2O/c20-17-11-13(12-24)1-6-18(17)25-9-7-15(8-10-25)14-2-4-16(5-3-14)26-19(21,22)23/h1-6,11,15H,7-10,12,24H2. The molecule has 2 aromatic carbocycles. The molecule has 1 heterocycles. The predicted molar refractivity (Wildman–Crippen MR) is 91.6 cm³/mol. The van der Waals surface area contributed by atoms with Gasteiger partial charge >= 0.3 is 6.36 Å². The smallest absolute Gasteiger partial charge is 0.406 e. The van der Waals surface area contributed by atoms with E-state index in [1.54, 1.807) is 18.2 Å². The highest BCUT2D eigenvalue weighted by molar-refractivity contribution is 5.50. The maximum Gasteiger partial charge on any atom is 0.573 e. The highest BCUT2D eigenvalue weighted by atomic mass is 19.4. The normalized spacial score (nSPS) is 16.0. The summed E-state index contributed by atoms with van der Waals surface area (Å²) in [6.07, 6.45) is -3.08. The van der Waals surface area contributed by atoms with Crippen LogP contribution in [0.2, 0.25) is 0 Å². The van der Waals surface area contributed by atoms with Crippen LogP contribution in [0.1, 0.15) is 29.9 Å². The third-order valence-electron chi connectivity index (χ3n) is 4.67. The number of hydrogen-bond acceptors (Lipinski definition) is 3. The molecule has 1 aliphatic heterocycles. The number of nitrogens with two attached hydrogens (primary N) is 1. The van der Waals surface area contributed by atoms with E-state index >= 15 is 0 Å². The lowest BCUT2D eigenvalue weighted by Gasteiger charge is -2.34. The average molecular weight is 368 g/mol. The van der Waals surface area contributed by atoms with Crippen molar-refractivity contribution >= 4 is 5.69 Å². The Kier molecular flexibility index (Phi) is 5.36. The Labute approximate surface area is 149 Å². The lowest BCUT2D eigenvalue weighted by Crippen LogP contribution is -2.33. The fourth-order valence-electron chi connectivity index (χ4n) is 3.33. The van der Waals surface area contributed by atoms with Crippen LogP contribution < -0.4 is 15.4 Å². The van der Waals surface area contributed by atoms with E-state index in [2.05, 4.69) is 4.74 Å². The van der Waals surface area contributed by atoms with Gasteiger partial charge in [0.05, 0.1) is 5.69 Å². The molecule has 0 amide bonds. The molecule has 0 aromatic heterocycles. The first kappa shape index (κ1) is 18.5. The van der Waals surface area contributed by atoms with E-state index in [0.29, 0.717) is 25.3 Å². The third-order valence-corrected chi connectivity index (χ3v) is 4.67. The number of halogens is 4. The van der Waals surface area contributed by atoms with Crippen molar-refractivity contribution in [3.05, 3.63) is 59.4 Å². The molecule has 0 bridgehead atoms. The van der Waals surface area contributed by atoms with Crippen molar-refractivity contribution in [2.24, 2.45) is 5.73 Å². The van der Waals surface area contributed by atoms with Crippen molar-refractivity contribution in [1.82, 2.24) is 0 Å². The lowest BCUT2D eigenvalue weighted by atomic mass is 9.89. The number of piperidine rings is 1. The number of benzene rings is 2. The van der Waals surface area contributed by atoms with Gasteiger partial charge in [-0.3, -0.25) is 0 Å². The van der Waals surface area contributed by atoms with E-state index in [0.717, 1.165) is 24.0 Å². The molecule has 140 valence electrons. The summed E-state index contributed by atoms with van der Waals surface area (Å²) in [5.41, 5.74) is 7.81. The van der Waals surface area contributed by atoms with Gasteiger partial charge < -0.3 is 15.4 Å². The molecular weight excluding hydrogens is 348 g/mol. The van der Waals surface area contributed by atoms with Gasteiger partial charge in [-0.15, -0.1) is 13.2 Å². The first-order valence-electron chi connectivity index (χ1n) is 8.45. The highest BCUT2D eigenvalue weighted by Crippen LogP contribution is 2.33. The molecule has 0 saturated carbocycles. The molecule has 0 aliphatic carbocycles. The molecule has 0 spiro atoms. The summed E-state index contributed by atoms with van der Waals surface area (Å²) in [5.74, 6) is -0.265. The molecule has 0 atom stereocenters. The van der Waals surface area contributed by atoms with Gasteiger partial charge in [-0.2, -0.15) is 0 Å². The summed E-state index contributed by atoms with van der Waals surface area (Å²) in [6, 6.07) is 11.0. The molecule has 2 aromatic rings. The Bertz CT molecular complexity index is 738. The van der Waals surface area contributed by atoms with Gasteiger partial charge in [0.1, 0.15) is 11.6 Å². The van der Waals surface area contributed by atoms with Crippen LogP contribution in [-0.2, 0) is 6.54 Å². The van der Waals surface area contributed by atoms with Crippen LogP contribution in [0.5, 0.6) is 5.75 Å². The van der Waals surface area contributed by atoms with Crippen molar-refractivity contribution in [3.8, 4) is 5.75 Å². The molecule has 3 nitrogen and oxygen atoms in total. The molecule has 7 heteroatoms. The average Bonchev–Trinajstić information content (AvgIpc) is 2.61. The molecular formula is C19H20F4N2O. The van der Waals surface area contributed by atoms with E-state index in [1.807, 2.05) is 11.0 Å². The number of ether oxygens (including phenoxy) is 1.